The third-order valence-corrected chi connectivity index (χ3v) is 4.37. The fourth-order valence-corrected chi connectivity index (χ4v) is 3.26. The molecule has 2 unspecified atom stereocenters. The van der Waals surface area contributed by atoms with Crippen LogP contribution in [0.2, 0.25) is 0 Å². The van der Waals surface area contributed by atoms with Crippen LogP contribution in [0.5, 0.6) is 0 Å². The van der Waals surface area contributed by atoms with Gasteiger partial charge in [-0.25, -0.2) is 0 Å². The molecule has 0 radical (unpaired) electrons. The van der Waals surface area contributed by atoms with Gasteiger partial charge in [0.1, 0.15) is 0 Å². The second kappa shape index (κ2) is 9.41. The normalized spacial score (nSPS) is 23.4. The third-order valence-electron chi connectivity index (χ3n) is 4.37. The van der Waals surface area contributed by atoms with E-state index in [2.05, 4.69) is 6.92 Å². The van der Waals surface area contributed by atoms with Gasteiger partial charge in [0.2, 0.25) is 0 Å². The predicted molar refractivity (Wildman–Crippen MR) is 75.7 cm³/mol. The summed E-state index contributed by atoms with van der Waals surface area (Å²) in [6.45, 7) is 2.28. The maximum atomic E-state index is 10.4. The molecule has 1 aliphatic carbocycles. The van der Waals surface area contributed by atoms with Crippen LogP contribution in [0.4, 0.5) is 0 Å². The second-order valence-electron chi connectivity index (χ2n) is 6.03. The molecule has 0 spiro atoms. The molecule has 0 heterocycles. The van der Waals surface area contributed by atoms with Crippen molar-refractivity contribution in [3.63, 3.8) is 0 Å². The Balaban J connectivity index is 1.92. The fourth-order valence-electron chi connectivity index (χ4n) is 3.26. The third kappa shape index (κ3) is 7.03. The Labute approximate surface area is 112 Å². The number of carboxylic acid groups (broad SMARTS) is 1. The van der Waals surface area contributed by atoms with E-state index >= 15 is 0 Å². The highest BCUT2D eigenvalue weighted by atomic mass is 16.4. The van der Waals surface area contributed by atoms with Gasteiger partial charge in [-0.1, -0.05) is 64.7 Å². The molecule has 0 aromatic heterocycles. The first-order chi connectivity index (χ1) is 8.72. The number of hydrogen-bond donors (Lipinski definition) is 1. The Kier molecular flexibility index (Phi) is 8.11. The largest absolute Gasteiger partial charge is 0.481 e. The van der Waals surface area contributed by atoms with Gasteiger partial charge in [-0.3, -0.25) is 4.79 Å². The highest BCUT2D eigenvalue weighted by Crippen LogP contribution is 2.36. The molecular formula is C16H30O2. The molecule has 18 heavy (non-hydrogen) atoms. The first-order valence-corrected chi connectivity index (χ1v) is 7.94. The van der Waals surface area contributed by atoms with Crippen molar-refractivity contribution in [2.75, 3.05) is 0 Å². The molecule has 0 aliphatic heterocycles. The van der Waals surface area contributed by atoms with Crippen molar-refractivity contribution >= 4 is 5.97 Å². The van der Waals surface area contributed by atoms with Gasteiger partial charge in [-0.2, -0.15) is 0 Å². The Bertz CT molecular complexity index is 225. The van der Waals surface area contributed by atoms with E-state index in [-0.39, 0.29) is 0 Å². The number of unbranched alkanes of at least 4 members (excludes halogenated alkanes) is 4. The van der Waals surface area contributed by atoms with E-state index < -0.39 is 5.97 Å². The zero-order chi connectivity index (χ0) is 13.2. The fraction of sp³-hybridized carbons (Fsp3) is 0.938. The lowest BCUT2D eigenvalue weighted by Crippen LogP contribution is -1.97. The molecule has 0 amide bonds. The number of aliphatic carboxylic acids is 1. The summed E-state index contributed by atoms with van der Waals surface area (Å²) in [5, 5.41) is 8.54. The number of carbonyl (C=O) groups is 1. The summed E-state index contributed by atoms with van der Waals surface area (Å²) < 4.78 is 0. The molecule has 2 atom stereocenters. The van der Waals surface area contributed by atoms with Gasteiger partial charge in [0, 0.05) is 6.42 Å². The lowest BCUT2D eigenvalue weighted by Gasteiger charge is -2.10. The zero-order valence-electron chi connectivity index (χ0n) is 12.0. The molecule has 0 aromatic carbocycles. The van der Waals surface area contributed by atoms with E-state index in [9.17, 15) is 4.79 Å². The minimum atomic E-state index is -0.649. The van der Waals surface area contributed by atoms with Gasteiger partial charge in [0.05, 0.1) is 0 Å². The van der Waals surface area contributed by atoms with Crippen LogP contribution < -0.4 is 0 Å². The van der Waals surface area contributed by atoms with Gasteiger partial charge in [-0.15, -0.1) is 0 Å². The minimum absolute atomic E-state index is 0.350. The first-order valence-electron chi connectivity index (χ1n) is 7.94. The molecule has 1 N–H and O–H groups in total. The second-order valence-corrected chi connectivity index (χ2v) is 6.03. The smallest absolute Gasteiger partial charge is 0.303 e. The van der Waals surface area contributed by atoms with Crippen LogP contribution >= 0.6 is 0 Å². The van der Waals surface area contributed by atoms with Gasteiger partial charge >= 0.3 is 5.97 Å². The summed E-state index contributed by atoms with van der Waals surface area (Å²) in [7, 11) is 0. The van der Waals surface area contributed by atoms with Crippen molar-refractivity contribution in [2.24, 2.45) is 11.8 Å². The molecule has 0 aromatic rings. The van der Waals surface area contributed by atoms with Crippen LogP contribution in [-0.4, -0.2) is 11.1 Å². The van der Waals surface area contributed by atoms with Gasteiger partial charge in [0.25, 0.3) is 0 Å². The van der Waals surface area contributed by atoms with Gasteiger partial charge in [-0.05, 0) is 24.7 Å². The lowest BCUT2D eigenvalue weighted by molar-refractivity contribution is -0.137. The Hall–Kier alpha value is -0.530. The van der Waals surface area contributed by atoms with Crippen LogP contribution in [0, 0.1) is 11.8 Å². The van der Waals surface area contributed by atoms with E-state index in [1.165, 1.54) is 57.8 Å². The van der Waals surface area contributed by atoms with Crippen molar-refractivity contribution in [3.05, 3.63) is 0 Å². The molecule has 0 bridgehead atoms. The maximum absolute atomic E-state index is 10.4. The number of carboxylic acids is 1. The summed E-state index contributed by atoms with van der Waals surface area (Å²) >= 11 is 0. The molecule has 2 heteroatoms. The molecule has 1 rings (SSSR count). The van der Waals surface area contributed by atoms with Crippen LogP contribution in [0.25, 0.3) is 0 Å². The predicted octanol–water partition coefficient (Wildman–Crippen LogP) is 5.02. The van der Waals surface area contributed by atoms with Crippen LogP contribution in [-0.2, 0) is 4.79 Å². The zero-order valence-corrected chi connectivity index (χ0v) is 12.0. The summed E-state index contributed by atoms with van der Waals surface area (Å²) in [5.74, 6) is 1.35. The van der Waals surface area contributed by atoms with Crippen molar-refractivity contribution in [3.8, 4) is 0 Å². The van der Waals surface area contributed by atoms with Crippen LogP contribution in [0.1, 0.15) is 84.0 Å². The van der Waals surface area contributed by atoms with Crippen molar-refractivity contribution < 1.29 is 9.90 Å². The van der Waals surface area contributed by atoms with Gasteiger partial charge in [0.15, 0.2) is 0 Å². The quantitative estimate of drug-likeness (QED) is 0.556. The number of rotatable bonds is 10. The van der Waals surface area contributed by atoms with Crippen molar-refractivity contribution in [1.82, 2.24) is 0 Å². The highest BCUT2D eigenvalue weighted by Gasteiger charge is 2.23. The van der Waals surface area contributed by atoms with Crippen LogP contribution in [0.3, 0.4) is 0 Å². The summed E-state index contributed by atoms with van der Waals surface area (Å²) in [6, 6.07) is 0. The average molecular weight is 254 g/mol. The van der Waals surface area contributed by atoms with E-state index in [1.807, 2.05) is 0 Å². The summed E-state index contributed by atoms with van der Waals surface area (Å²) in [6.07, 6.45) is 14.8. The highest BCUT2D eigenvalue weighted by molar-refractivity contribution is 5.66. The Morgan fingerprint density at radius 2 is 1.61 bits per heavy atom. The van der Waals surface area contributed by atoms with Crippen molar-refractivity contribution in [1.29, 1.82) is 0 Å². The number of hydrogen-bond acceptors (Lipinski definition) is 1. The van der Waals surface area contributed by atoms with Gasteiger partial charge < -0.3 is 5.11 Å². The molecule has 2 nitrogen and oxygen atoms in total. The van der Waals surface area contributed by atoms with Crippen LogP contribution in [0.15, 0.2) is 0 Å². The molecular weight excluding hydrogens is 224 g/mol. The average Bonchev–Trinajstić information content (AvgIpc) is 2.78. The summed E-state index contributed by atoms with van der Waals surface area (Å²) in [5.41, 5.74) is 0. The molecule has 1 aliphatic rings. The molecule has 106 valence electrons. The van der Waals surface area contributed by atoms with E-state index in [1.54, 1.807) is 0 Å². The van der Waals surface area contributed by atoms with E-state index in [0.29, 0.717) is 6.42 Å². The van der Waals surface area contributed by atoms with Crippen molar-refractivity contribution in [2.45, 2.75) is 84.0 Å². The minimum Gasteiger partial charge on any atom is -0.481 e. The molecule has 1 fully saturated rings. The standard InChI is InChI=1S/C16H30O2/c1-2-3-8-14-11-12-15(13-14)9-6-4-5-7-10-16(17)18/h14-15H,2-13H2,1H3,(H,17,18). The topological polar surface area (TPSA) is 37.3 Å². The summed E-state index contributed by atoms with van der Waals surface area (Å²) in [4.78, 5) is 10.4. The maximum Gasteiger partial charge on any atom is 0.303 e. The molecule has 1 saturated carbocycles. The SMILES string of the molecule is CCCCC1CCC(CCCCCCC(=O)O)C1. The Morgan fingerprint density at radius 1 is 1.00 bits per heavy atom. The lowest BCUT2D eigenvalue weighted by atomic mass is 9.95. The van der Waals surface area contributed by atoms with E-state index in [4.69, 9.17) is 5.11 Å². The first kappa shape index (κ1) is 15.5. The molecule has 0 saturated heterocycles. The monoisotopic (exact) mass is 254 g/mol. The Morgan fingerprint density at radius 3 is 2.22 bits per heavy atom. The van der Waals surface area contributed by atoms with E-state index in [0.717, 1.165) is 24.7 Å².